The number of pyridine rings is 1. The number of rotatable bonds is 6. The van der Waals surface area contributed by atoms with E-state index in [0.717, 1.165) is 36.0 Å². The van der Waals surface area contributed by atoms with Gasteiger partial charge in [0.1, 0.15) is 23.0 Å². The summed E-state index contributed by atoms with van der Waals surface area (Å²) >= 11 is 0. The summed E-state index contributed by atoms with van der Waals surface area (Å²) in [6.45, 7) is 1.68. The highest BCUT2D eigenvalue weighted by molar-refractivity contribution is 7.91. The molecule has 0 unspecified atom stereocenters. The zero-order chi connectivity index (χ0) is 24.5. The van der Waals surface area contributed by atoms with Crippen LogP contribution in [0.1, 0.15) is 5.56 Å². The minimum atomic E-state index is -4.29. The number of hydrogen-bond acceptors (Lipinski definition) is 5. The van der Waals surface area contributed by atoms with Gasteiger partial charge >= 0.3 is 0 Å². The lowest BCUT2D eigenvalue weighted by molar-refractivity contribution is -0.116. The number of hydrogen-bond donors (Lipinski definition) is 1. The van der Waals surface area contributed by atoms with Crippen LogP contribution in [0.15, 0.2) is 87.5 Å². The quantitative estimate of drug-likeness (QED) is 0.422. The van der Waals surface area contributed by atoms with E-state index < -0.39 is 31.9 Å². The minimum absolute atomic E-state index is 0.0747. The lowest BCUT2D eigenvalue weighted by Gasteiger charge is -2.15. The summed E-state index contributed by atoms with van der Waals surface area (Å²) in [5.74, 6) is -0.654. The van der Waals surface area contributed by atoms with E-state index in [1.165, 1.54) is 17.7 Å². The van der Waals surface area contributed by atoms with Gasteiger partial charge in [-0.2, -0.15) is 0 Å². The molecule has 1 heterocycles. The highest BCUT2D eigenvalue weighted by Gasteiger charge is 2.24. The van der Waals surface area contributed by atoms with Gasteiger partial charge in [-0.05, 0) is 61.5 Å². The number of fused-ring (bicyclic) bond motifs is 1. The molecule has 0 saturated carbocycles. The van der Waals surface area contributed by atoms with Crippen LogP contribution >= 0.6 is 0 Å². The molecule has 3 aromatic carbocycles. The number of aromatic nitrogens is 1. The fourth-order valence-corrected chi connectivity index (χ4v) is 4.90. The Kier molecular flexibility index (Phi) is 6.21. The Labute approximate surface area is 195 Å². The van der Waals surface area contributed by atoms with E-state index in [4.69, 9.17) is 4.74 Å². The van der Waals surface area contributed by atoms with Gasteiger partial charge in [-0.25, -0.2) is 12.8 Å². The number of amides is 1. The second-order valence-corrected chi connectivity index (χ2v) is 9.62. The zero-order valence-electron chi connectivity index (χ0n) is 18.4. The highest BCUT2D eigenvalue weighted by Crippen LogP contribution is 2.24. The van der Waals surface area contributed by atoms with Gasteiger partial charge in [0.05, 0.1) is 22.9 Å². The van der Waals surface area contributed by atoms with Crippen molar-refractivity contribution in [3.63, 3.8) is 0 Å². The monoisotopic (exact) mass is 480 g/mol. The molecule has 1 aromatic heterocycles. The molecule has 9 heteroatoms. The van der Waals surface area contributed by atoms with E-state index >= 15 is 0 Å². The van der Waals surface area contributed by atoms with Crippen molar-refractivity contribution in [2.75, 3.05) is 12.4 Å². The number of methoxy groups -OCH3 is 1. The third kappa shape index (κ3) is 4.55. The first-order chi connectivity index (χ1) is 16.2. The molecule has 0 bridgehead atoms. The maximum Gasteiger partial charge on any atom is 0.244 e. The molecule has 0 radical (unpaired) electrons. The summed E-state index contributed by atoms with van der Waals surface area (Å²) in [5, 5.41) is 2.84. The lowest BCUT2D eigenvalue weighted by atomic mass is 10.2. The number of sulfone groups is 1. The molecule has 0 atom stereocenters. The molecule has 1 N–H and O–H groups in total. The Morgan fingerprint density at radius 1 is 1.03 bits per heavy atom. The zero-order valence-corrected chi connectivity index (χ0v) is 19.2. The molecule has 7 nitrogen and oxygen atoms in total. The van der Waals surface area contributed by atoms with Gasteiger partial charge in [0, 0.05) is 11.9 Å². The summed E-state index contributed by atoms with van der Waals surface area (Å²) in [6, 6.07) is 16.0. The van der Waals surface area contributed by atoms with Crippen molar-refractivity contribution in [3.05, 3.63) is 94.5 Å². The number of benzene rings is 3. The maximum absolute atomic E-state index is 13.3. The molecule has 4 rings (SSSR count). The van der Waals surface area contributed by atoms with Crippen molar-refractivity contribution in [1.29, 1.82) is 0 Å². The van der Waals surface area contributed by atoms with Gasteiger partial charge < -0.3 is 14.6 Å². The fraction of sp³-hybridized carbons (Fsp3) is 0.120. The summed E-state index contributed by atoms with van der Waals surface area (Å²) < 4.78 is 46.4. The molecule has 1 amide bonds. The van der Waals surface area contributed by atoms with Crippen LogP contribution in [-0.4, -0.2) is 26.0 Å². The molecule has 0 spiro atoms. The fourth-order valence-electron chi connectivity index (χ4n) is 3.53. The van der Waals surface area contributed by atoms with E-state index in [-0.39, 0.29) is 16.8 Å². The first-order valence-electron chi connectivity index (χ1n) is 10.3. The lowest BCUT2D eigenvalue weighted by Crippen LogP contribution is -2.24. The number of carbonyl (C=O) groups excluding carboxylic acids is 1. The van der Waals surface area contributed by atoms with E-state index in [1.807, 2.05) is 19.1 Å². The Balaban J connectivity index is 1.83. The van der Waals surface area contributed by atoms with E-state index in [1.54, 1.807) is 24.3 Å². The second kappa shape index (κ2) is 9.11. The van der Waals surface area contributed by atoms with Crippen LogP contribution < -0.4 is 15.5 Å². The Hall–Kier alpha value is -3.98. The Morgan fingerprint density at radius 3 is 2.35 bits per heavy atom. The summed E-state index contributed by atoms with van der Waals surface area (Å²) in [5.41, 5.74) is 1.24. The van der Waals surface area contributed by atoms with E-state index in [9.17, 15) is 22.4 Å². The van der Waals surface area contributed by atoms with Crippen LogP contribution in [0.5, 0.6) is 5.75 Å². The van der Waals surface area contributed by atoms with Crippen LogP contribution in [0.4, 0.5) is 10.1 Å². The number of ether oxygens (including phenoxy) is 1. The predicted octanol–water partition coefficient (Wildman–Crippen LogP) is 3.93. The average molecular weight is 481 g/mol. The molecule has 34 heavy (non-hydrogen) atoms. The maximum atomic E-state index is 13.3. The molecule has 0 saturated heterocycles. The van der Waals surface area contributed by atoms with Crippen LogP contribution in [0.2, 0.25) is 0 Å². The smallest absolute Gasteiger partial charge is 0.244 e. The van der Waals surface area contributed by atoms with Crippen molar-refractivity contribution in [2.24, 2.45) is 0 Å². The SMILES string of the molecule is COc1ccc2c(c1)c(=O)c(S(=O)(=O)c1ccc(F)cc1)cn2CC(=O)Nc1ccc(C)cc1. The third-order valence-corrected chi connectivity index (χ3v) is 7.08. The van der Waals surface area contributed by atoms with E-state index in [2.05, 4.69) is 5.32 Å². The van der Waals surface area contributed by atoms with Gasteiger partial charge in [-0.1, -0.05) is 17.7 Å². The van der Waals surface area contributed by atoms with Crippen molar-refractivity contribution in [1.82, 2.24) is 4.57 Å². The predicted molar refractivity (Wildman–Crippen MR) is 126 cm³/mol. The van der Waals surface area contributed by atoms with Crippen molar-refractivity contribution in [3.8, 4) is 5.75 Å². The second-order valence-electron chi connectivity index (χ2n) is 7.71. The van der Waals surface area contributed by atoms with Crippen LogP contribution in [0.3, 0.4) is 0 Å². The number of anilines is 1. The summed E-state index contributed by atoms with van der Waals surface area (Å²) in [4.78, 5) is 25.2. The number of aryl methyl sites for hydroxylation is 1. The van der Waals surface area contributed by atoms with Gasteiger partial charge in [-0.15, -0.1) is 0 Å². The average Bonchev–Trinajstić information content (AvgIpc) is 2.82. The van der Waals surface area contributed by atoms with Crippen molar-refractivity contribution in [2.45, 2.75) is 23.3 Å². The standard InChI is InChI=1S/C25H21FN2O5S/c1-16-3-7-18(8-4-16)27-24(29)15-28-14-23(34(31,32)20-10-5-17(26)6-11-20)25(30)21-13-19(33-2)9-12-22(21)28/h3-14H,15H2,1-2H3,(H,27,29). The molecule has 4 aromatic rings. The topological polar surface area (TPSA) is 94.5 Å². The molecular formula is C25H21FN2O5S. The number of halogens is 1. The van der Waals surface area contributed by atoms with Crippen LogP contribution in [0.25, 0.3) is 10.9 Å². The molecular weight excluding hydrogens is 459 g/mol. The molecule has 0 aliphatic carbocycles. The van der Waals surface area contributed by atoms with Crippen LogP contribution in [0, 0.1) is 12.7 Å². The number of nitrogens with zero attached hydrogens (tertiary/aromatic N) is 1. The molecule has 174 valence electrons. The first-order valence-corrected chi connectivity index (χ1v) is 11.8. The van der Waals surface area contributed by atoms with E-state index in [0.29, 0.717) is 17.0 Å². The summed E-state index contributed by atoms with van der Waals surface area (Å²) in [7, 11) is -2.87. The minimum Gasteiger partial charge on any atom is -0.497 e. The first kappa shape index (κ1) is 23.2. The van der Waals surface area contributed by atoms with Crippen molar-refractivity contribution < 1.29 is 22.3 Å². The third-order valence-electron chi connectivity index (χ3n) is 5.32. The van der Waals surface area contributed by atoms with Gasteiger partial charge in [0.15, 0.2) is 0 Å². The number of carbonyl (C=O) groups is 1. The van der Waals surface area contributed by atoms with Gasteiger partial charge in [-0.3, -0.25) is 9.59 Å². The van der Waals surface area contributed by atoms with Crippen molar-refractivity contribution >= 4 is 32.3 Å². The van der Waals surface area contributed by atoms with Crippen LogP contribution in [-0.2, 0) is 21.2 Å². The summed E-state index contributed by atoms with van der Waals surface area (Å²) in [6.07, 6.45) is 1.14. The Bertz CT molecular complexity index is 1540. The Morgan fingerprint density at radius 2 is 1.71 bits per heavy atom. The molecule has 0 aliphatic rings. The number of nitrogens with one attached hydrogen (secondary N) is 1. The van der Waals surface area contributed by atoms with Gasteiger partial charge in [0.25, 0.3) is 0 Å². The molecule has 0 aliphatic heterocycles. The molecule has 0 fully saturated rings. The highest BCUT2D eigenvalue weighted by atomic mass is 32.2. The van der Waals surface area contributed by atoms with Gasteiger partial charge in [0.2, 0.25) is 21.2 Å². The largest absolute Gasteiger partial charge is 0.497 e. The normalized spacial score (nSPS) is 11.4.